The molecule has 17 heavy (non-hydrogen) atoms. The molecule has 0 aliphatic rings. The Kier molecular flexibility index (Phi) is 3.52. The first kappa shape index (κ1) is 12.2. The van der Waals surface area contributed by atoms with E-state index in [0.717, 1.165) is 21.9 Å². The second-order valence-corrected chi connectivity index (χ2v) is 4.53. The van der Waals surface area contributed by atoms with Gasteiger partial charge in [-0.1, -0.05) is 12.1 Å². The number of nitrogens with zero attached hydrogens (tertiary/aromatic N) is 1. The summed E-state index contributed by atoms with van der Waals surface area (Å²) in [5.41, 5.74) is 1.65. The Morgan fingerprint density at radius 3 is 2.82 bits per heavy atom. The van der Waals surface area contributed by atoms with E-state index in [4.69, 9.17) is 4.74 Å². The molecule has 0 aliphatic heterocycles. The monoisotopic (exact) mass is 295 g/mol. The molecule has 1 aromatic heterocycles. The van der Waals surface area contributed by atoms with Gasteiger partial charge in [0.2, 0.25) is 0 Å². The van der Waals surface area contributed by atoms with Crippen LogP contribution < -0.4 is 0 Å². The van der Waals surface area contributed by atoms with Crippen molar-refractivity contribution in [1.29, 1.82) is 0 Å². The topological polar surface area (TPSA) is 31.2 Å². The lowest BCUT2D eigenvalue weighted by Crippen LogP contribution is -2.11. The molecule has 1 aromatic carbocycles. The minimum absolute atomic E-state index is 0.266. The number of esters is 1. The van der Waals surface area contributed by atoms with Crippen LogP contribution in [0.15, 0.2) is 28.7 Å². The smallest absolute Gasteiger partial charge is 0.354 e. The van der Waals surface area contributed by atoms with Crippen LogP contribution in [0.25, 0.3) is 10.9 Å². The number of carbonyl (C=O) groups excluding carboxylic acids is 1. The highest BCUT2D eigenvalue weighted by atomic mass is 79.9. The summed E-state index contributed by atoms with van der Waals surface area (Å²) in [6.45, 7) is 4.96. The predicted octanol–water partition coefficient (Wildman–Crippen LogP) is 3.60. The maximum absolute atomic E-state index is 11.8. The summed E-state index contributed by atoms with van der Waals surface area (Å²) in [5.74, 6) is -0.266. The molecule has 0 N–H and O–H groups in total. The Balaban J connectivity index is 2.64. The first-order chi connectivity index (χ1) is 8.19. The summed E-state index contributed by atoms with van der Waals surface area (Å²) in [5, 5.41) is 1.05. The van der Waals surface area contributed by atoms with Gasteiger partial charge in [0.1, 0.15) is 5.69 Å². The van der Waals surface area contributed by atoms with Crippen molar-refractivity contribution in [2.24, 2.45) is 0 Å². The van der Waals surface area contributed by atoms with Crippen molar-refractivity contribution in [3.63, 3.8) is 0 Å². The number of hydrogen-bond acceptors (Lipinski definition) is 2. The molecule has 0 radical (unpaired) electrons. The van der Waals surface area contributed by atoms with Gasteiger partial charge in [0.25, 0.3) is 0 Å². The normalized spacial score (nSPS) is 10.8. The molecule has 3 nitrogen and oxygen atoms in total. The van der Waals surface area contributed by atoms with Crippen molar-refractivity contribution in [1.82, 2.24) is 4.57 Å². The summed E-state index contributed by atoms with van der Waals surface area (Å²) in [4.78, 5) is 11.8. The first-order valence-electron chi connectivity index (χ1n) is 5.63. The summed E-state index contributed by atoms with van der Waals surface area (Å²) in [6, 6.07) is 7.81. The minimum Gasteiger partial charge on any atom is -0.461 e. The van der Waals surface area contributed by atoms with Crippen LogP contribution in [0.1, 0.15) is 24.3 Å². The van der Waals surface area contributed by atoms with Crippen molar-refractivity contribution in [3.8, 4) is 0 Å². The molecule has 0 bridgehead atoms. The zero-order chi connectivity index (χ0) is 12.4. The third-order valence-corrected chi connectivity index (χ3v) is 3.31. The van der Waals surface area contributed by atoms with Gasteiger partial charge in [-0.15, -0.1) is 0 Å². The maximum atomic E-state index is 11.8. The first-order valence-corrected chi connectivity index (χ1v) is 6.43. The minimum atomic E-state index is -0.266. The molecule has 90 valence electrons. The number of halogens is 1. The Labute approximate surface area is 108 Å². The van der Waals surface area contributed by atoms with Gasteiger partial charge in [-0.2, -0.15) is 0 Å². The highest BCUT2D eigenvalue weighted by molar-refractivity contribution is 9.10. The number of ether oxygens (including phenoxy) is 1. The number of carbonyl (C=O) groups is 1. The molecule has 1 heterocycles. The summed E-state index contributed by atoms with van der Waals surface area (Å²) < 4.78 is 8.03. The third-order valence-electron chi connectivity index (χ3n) is 2.67. The van der Waals surface area contributed by atoms with Crippen molar-refractivity contribution >= 4 is 32.8 Å². The summed E-state index contributed by atoms with van der Waals surface area (Å²) >= 11 is 3.52. The van der Waals surface area contributed by atoms with Gasteiger partial charge in [-0.05, 0) is 41.9 Å². The van der Waals surface area contributed by atoms with Crippen molar-refractivity contribution in [2.75, 3.05) is 6.61 Å². The number of aryl methyl sites for hydroxylation is 1. The van der Waals surface area contributed by atoms with Crippen LogP contribution in [0.4, 0.5) is 0 Å². The predicted molar refractivity (Wildman–Crippen MR) is 71.3 cm³/mol. The van der Waals surface area contributed by atoms with Gasteiger partial charge in [0.05, 0.1) is 12.1 Å². The van der Waals surface area contributed by atoms with Crippen molar-refractivity contribution in [2.45, 2.75) is 20.4 Å². The Morgan fingerprint density at radius 2 is 2.18 bits per heavy atom. The quantitative estimate of drug-likeness (QED) is 0.810. The molecule has 0 spiro atoms. The fourth-order valence-corrected chi connectivity index (χ4v) is 2.58. The van der Waals surface area contributed by atoms with E-state index >= 15 is 0 Å². The van der Waals surface area contributed by atoms with Crippen LogP contribution >= 0.6 is 15.9 Å². The van der Waals surface area contributed by atoms with Gasteiger partial charge in [-0.25, -0.2) is 4.79 Å². The van der Waals surface area contributed by atoms with Crippen molar-refractivity contribution in [3.05, 3.63) is 34.4 Å². The van der Waals surface area contributed by atoms with E-state index in [9.17, 15) is 4.79 Å². The Morgan fingerprint density at radius 1 is 1.41 bits per heavy atom. The van der Waals surface area contributed by atoms with Gasteiger partial charge < -0.3 is 9.30 Å². The number of fused-ring (bicyclic) bond motifs is 1. The molecule has 0 unspecified atom stereocenters. The molecule has 0 saturated heterocycles. The molecule has 0 fully saturated rings. The molecular formula is C13H14BrNO2. The fraction of sp³-hybridized carbons (Fsp3) is 0.308. The molecule has 0 saturated carbocycles. The van der Waals surface area contributed by atoms with Crippen molar-refractivity contribution < 1.29 is 9.53 Å². The Bertz CT molecular complexity index is 560. The summed E-state index contributed by atoms with van der Waals surface area (Å²) in [7, 11) is 0. The van der Waals surface area contributed by atoms with Gasteiger partial charge >= 0.3 is 5.97 Å². The molecule has 0 amide bonds. The van der Waals surface area contributed by atoms with Gasteiger partial charge in [0.15, 0.2) is 0 Å². The molecular weight excluding hydrogens is 282 g/mol. The highest BCUT2D eigenvalue weighted by Gasteiger charge is 2.16. The lowest BCUT2D eigenvalue weighted by atomic mass is 10.2. The number of benzene rings is 1. The highest BCUT2D eigenvalue weighted by Crippen LogP contribution is 2.27. The van der Waals surface area contributed by atoms with Crippen LogP contribution in [-0.2, 0) is 11.3 Å². The van der Waals surface area contributed by atoms with E-state index in [1.807, 2.05) is 42.7 Å². The SMILES string of the molecule is CCOC(=O)c1cc2cccc(Br)c2n1CC. The molecule has 0 atom stereocenters. The second-order valence-electron chi connectivity index (χ2n) is 3.67. The average Bonchev–Trinajstić information content (AvgIpc) is 2.69. The van der Waals surface area contributed by atoms with Crippen LogP contribution in [0.3, 0.4) is 0 Å². The maximum Gasteiger partial charge on any atom is 0.354 e. The largest absolute Gasteiger partial charge is 0.461 e. The fourth-order valence-electron chi connectivity index (χ4n) is 1.98. The van der Waals surface area contributed by atoms with E-state index in [1.54, 1.807) is 0 Å². The third kappa shape index (κ3) is 2.09. The molecule has 2 aromatic rings. The lowest BCUT2D eigenvalue weighted by Gasteiger charge is -2.07. The second kappa shape index (κ2) is 4.92. The molecule has 2 rings (SSSR count). The zero-order valence-corrected chi connectivity index (χ0v) is 11.5. The van der Waals surface area contributed by atoms with Gasteiger partial charge in [0, 0.05) is 16.4 Å². The standard InChI is InChI=1S/C13H14BrNO2/c1-3-15-11(13(16)17-4-2)8-9-6-5-7-10(14)12(9)15/h5-8H,3-4H2,1-2H3. The van der Waals surface area contributed by atoms with E-state index in [-0.39, 0.29) is 5.97 Å². The number of para-hydroxylation sites is 1. The van der Waals surface area contributed by atoms with Crippen LogP contribution in [-0.4, -0.2) is 17.1 Å². The summed E-state index contributed by atoms with van der Waals surface area (Å²) in [6.07, 6.45) is 0. The number of aromatic nitrogens is 1. The van der Waals surface area contributed by atoms with Crippen LogP contribution in [0.2, 0.25) is 0 Å². The van der Waals surface area contributed by atoms with E-state index in [2.05, 4.69) is 15.9 Å². The molecule has 4 heteroatoms. The van der Waals surface area contributed by atoms with E-state index in [0.29, 0.717) is 12.3 Å². The van der Waals surface area contributed by atoms with Gasteiger partial charge in [-0.3, -0.25) is 0 Å². The lowest BCUT2D eigenvalue weighted by molar-refractivity contribution is 0.0514. The Hall–Kier alpha value is -1.29. The number of hydrogen-bond donors (Lipinski definition) is 0. The van der Waals surface area contributed by atoms with E-state index in [1.165, 1.54) is 0 Å². The zero-order valence-electron chi connectivity index (χ0n) is 9.87. The van der Waals surface area contributed by atoms with Crippen LogP contribution in [0.5, 0.6) is 0 Å². The number of rotatable bonds is 3. The van der Waals surface area contributed by atoms with Crippen LogP contribution in [0, 0.1) is 0 Å². The molecule has 0 aliphatic carbocycles. The average molecular weight is 296 g/mol. The van der Waals surface area contributed by atoms with E-state index < -0.39 is 0 Å².